The zero-order valence-corrected chi connectivity index (χ0v) is 9.81. The topological polar surface area (TPSA) is 38.0 Å². The molecule has 1 atom stereocenters. The Morgan fingerprint density at radius 3 is 2.88 bits per heavy atom. The van der Waals surface area contributed by atoms with Crippen molar-refractivity contribution in [2.45, 2.75) is 13.0 Å². The average molecular weight is 241 g/mol. The van der Waals surface area contributed by atoms with Gasteiger partial charge in [0.15, 0.2) is 0 Å². The lowest BCUT2D eigenvalue weighted by Crippen LogP contribution is -2.29. The summed E-state index contributed by atoms with van der Waals surface area (Å²) >= 11 is 5.68. The third kappa shape index (κ3) is 3.49. The van der Waals surface area contributed by atoms with E-state index < -0.39 is 0 Å². The molecule has 4 heteroatoms. The number of benzene rings is 1. The van der Waals surface area contributed by atoms with Gasteiger partial charge in [-0.1, -0.05) is 23.6 Å². The van der Waals surface area contributed by atoms with Crippen LogP contribution in [0, 0.1) is 17.7 Å². The zero-order chi connectivity index (χ0) is 12.0. The summed E-state index contributed by atoms with van der Waals surface area (Å²) in [6.45, 7) is 2.55. The normalized spacial score (nSPS) is 11.8. The summed E-state index contributed by atoms with van der Waals surface area (Å²) in [6, 6.07) is 4.34. The molecule has 0 heterocycles. The first-order valence-electron chi connectivity index (χ1n) is 4.97. The van der Waals surface area contributed by atoms with Crippen LogP contribution in [0.5, 0.6) is 0 Å². The largest absolute Gasteiger partial charge is 0.329 e. The number of nitrogens with two attached hydrogens (primary N) is 1. The maximum absolute atomic E-state index is 13.6. The van der Waals surface area contributed by atoms with Crippen LogP contribution in [0.2, 0.25) is 5.02 Å². The molecule has 0 aliphatic heterocycles. The number of halogens is 2. The van der Waals surface area contributed by atoms with Gasteiger partial charge >= 0.3 is 0 Å². The molecule has 16 heavy (non-hydrogen) atoms. The molecule has 0 spiro atoms. The molecule has 0 amide bonds. The van der Waals surface area contributed by atoms with E-state index in [1.807, 2.05) is 0 Å². The molecular weight excluding hydrogens is 227 g/mol. The standard InChI is InChI=1S/C12H14ClFN2/c1-2-3-6-16-12(8-15)10-5-4-9(13)7-11(10)14/h4-5,7,12,16H,6,8,15H2,1H3. The van der Waals surface area contributed by atoms with Crippen LogP contribution in [0.25, 0.3) is 0 Å². The summed E-state index contributed by atoms with van der Waals surface area (Å²) in [5.41, 5.74) is 6.10. The molecule has 1 aromatic rings. The lowest BCUT2D eigenvalue weighted by atomic mass is 10.1. The van der Waals surface area contributed by atoms with Gasteiger partial charge in [0, 0.05) is 23.2 Å². The summed E-state index contributed by atoms with van der Waals surface area (Å²) in [6.07, 6.45) is 0. The van der Waals surface area contributed by atoms with Crippen molar-refractivity contribution < 1.29 is 4.39 Å². The predicted molar refractivity (Wildman–Crippen MR) is 64.7 cm³/mol. The van der Waals surface area contributed by atoms with Gasteiger partial charge in [-0.25, -0.2) is 4.39 Å². The van der Waals surface area contributed by atoms with E-state index in [4.69, 9.17) is 17.3 Å². The fourth-order valence-corrected chi connectivity index (χ4v) is 1.53. The van der Waals surface area contributed by atoms with E-state index in [0.29, 0.717) is 23.7 Å². The van der Waals surface area contributed by atoms with Gasteiger partial charge in [0.25, 0.3) is 0 Å². The molecule has 1 aromatic carbocycles. The second kappa shape index (κ2) is 6.49. The van der Waals surface area contributed by atoms with Gasteiger partial charge in [-0.15, -0.1) is 5.92 Å². The Hall–Kier alpha value is -1.08. The van der Waals surface area contributed by atoms with E-state index in [1.165, 1.54) is 6.07 Å². The molecular formula is C12H14ClFN2. The summed E-state index contributed by atoms with van der Waals surface area (Å²) in [4.78, 5) is 0. The minimum atomic E-state index is -0.347. The molecule has 0 radical (unpaired) electrons. The predicted octanol–water partition coefficient (Wildman–Crippen LogP) is 2.09. The Labute approximate surface area is 100.0 Å². The lowest BCUT2D eigenvalue weighted by Gasteiger charge is -2.16. The molecule has 1 unspecified atom stereocenters. The van der Waals surface area contributed by atoms with Crippen LogP contribution in [0.4, 0.5) is 4.39 Å². The SMILES string of the molecule is CC#CCNC(CN)c1ccc(Cl)cc1F. The highest BCUT2D eigenvalue weighted by atomic mass is 35.5. The van der Waals surface area contributed by atoms with Gasteiger partial charge in [-0.05, 0) is 19.1 Å². The Kier molecular flexibility index (Phi) is 5.27. The van der Waals surface area contributed by atoms with Gasteiger partial charge in [0.2, 0.25) is 0 Å². The zero-order valence-electron chi connectivity index (χ0n) is 9.06. The molecule has 0 saturated carbocycles. The second-order valence-corrected chi connectivity index (χ2v) is 3.70. The van der Waals surface area contributed by atoms with Crippen LogP contribution in [0.15, 0.2) is 18.2 Å². The smallest absolute Gasteiger partial charge is 0.129 e. The van der Waals surface area contributed by atoms with Crippen molar-refractivity contribution in [2.75, 3.05) is 13.1 Å². The summed E-state index contributed by atoms with van der Waals surface area (Å²) in [5, 5.41) is 3.45. The third-order valence-corrected chi connectivity index (χ3v) is 2.42. The van der Waals surface area contributed by atoms with Crippen LogP contribution in [-0.2, 0) is 0 Å². The summed E-state index contributed by atoms with van der Waals surface area (Å²) in [7, 11) is 0. The second-order valence-electron chi connectivity index (χ2n) is 3.26. The van der Waals surface area contributed by atoms with Gasteiger partial charge in [0.1, 0.15) is 5.82 Å². The highest BCUT2D eigenvalue weighted by Crippen LogP contribution is 2.20. The van der Waals surface area contributed by atoms with Gasteiger partial charge in [-0.2, -0.15) is 0 Å². The third-order valence-electron chi connectivity index (χ3n) is 2.19. The van der Waals surface area contributed by atoms with Crippen molar-refractivity contribution in [1.29, 1.82) is 0 Å². The summed E-state index contributed by atoms with van der Waals surface area (Å²) in [5.74, 6) is 5.26. The van der Waals surface area contributed by atoms with Crippen LogP contribution >= 0.6 is 11.6 Å². The first-order valence-corrected chi connectivity index (χ1v) is 5.34. The van der Waals surface area contributed by atoms with Gasteiger partial charge in [-0.3, -0.25) is 5.32 Å². The number of hydrogen-bond acceptors (Lipinski definition) is 2. The van der Waals surface area contributed by atoms with Crippen LogP contribution in [-0.4, -0.2) is 13.1 Å². The fraction of sp³-hybridized carbons (Fsp3) is 0.333. The molecule has 0 aliphatic carbocycles. The molecule has 1 rings (SSSR count). The highest BCUT2D eigenvalue weighted by Gasteiger charge is 2.13. The minimum absolute atomic E-state index is 0.238. The number of hydrogen-bond donors (Lipinski definition) is 2. The Bertz CT molecular complexity index is 409. The maximum atomic E-state index is 13.6. The molecule has 0 aliphatic rings. The van der Waals surface area contributed by atoms with E-state index in [1.54, 1.807) is 19.1 Å². The summed E-state index contributed by atoms with van der Waals surface area (Å²) < 4.78 is 13.6. The van der Waals surface area contributed by atoms with Gasteiger partial charge in [0.05, 0.1) is 6.54 Å². The van der Waals surface area contributed by atoms with Crippen LogP contribution in [0.1, 0.15) is 18.5 Å². The van der Waals surface area contributed by atoms with Crippen molar-refractivity contribution >= 4 is 11.6 Å². The number of rotatable bonds is 4. The van der Waals surface area contributed by atoms with Crippen molar-refractivity contribution in [2.24, 2.45) is 5.73 Å². The molecule has 0 fully saturated rings. The van der Waals surface area contributed by atoms with E-state index in [-0.39, 0.29) is 11.9 Å². The molecule has 2 nitrogen and oxygen atoms in total. The van der Waals surface area contributed by atoms with E-state index >= 15 is 0 Å². The van der Waals surface area contributed by atoms with E-state index in [0.717, 1.165) is 0 Å². The minimum Gasteiger partial charge on any atom is -0.329 e. The van der Waals surface area contributed by atoms with Crippen molar-refractivity contribution in [3.05, 3.63) is 34.6 Å². The first kappa shape index (κ1) is 13.0. The molecule has 86 valence electrons. The molecule has 0 saturated heterocycles. The van der Waals surface area contributed by atoms with Crippen LogP contribution in [0.3, 0.4) is 0 Å². The number of nitrogens with one attached hydrogen (secondary N) is 1. The maximum Gasteiger partial charge on any atom is 0.129 e. The fourth-order valence-electron chi connectivity index (χ4n) is 1.37. The van der Waals surface area contributed by atoms with Gasteiger partial charge < -0.3 is 5.73 Å². The molecule has 3 N–H and O–H groups in total. The Morgan fingerprint density at radius 2 is 2.31 bits per heavy atom. The van der Waals surface area contributed by atoms with Crippen LogP contribution < -0.4 is 11.1 Å². The lowest BCUT2D eigenvalue weighted by molar-refractivity contribution is 0.530. The first-order chi connectivity index (χ1) is 7.69. The van der Waals surface area contributed by atoms with E-state index in [2.05, 4.69) is 17.2 Å². The quantitative estimate of drug-likeness (QED) is 0.791. The highest BCUT2D eigenvalue weighted by molar-refractivity contribution is 6.30. The van der Waals surface area contributed by atoms with Crippen molar-refractivity contribution in [3.63, 3.8) is 0 Å². The monoisotopic (exact) mass is 240 g/mol. The molecule has 0 bridgehead atoms. The Morgan fingerprint density at radius 1 is 1.56 bits per heavy atom. The van der Waals surface area contributed by atoms with E-state index in [9.17, 15) is 4.39 Å². The van der Waals surface area contributed by atoms with Crippen molar-refractivity contribution in [3.8, 4) is 11.8 Å². The Balaban J connectivity index is 2.80. The average Bonchev–Trinajstić information content (AvgIpc) is 2.26. The van der Waals surface area contributed by atoms with Crippen molar-refractivity contribution in [1.82, 2.24) is 5.32 Å². The molecule has 0 aromatic heterocycles.